The number of nitrogens with zero attached hydrogens (tertiary/aromatic N) is 2. The highest BCUT2D eigenvalue weighted by molar-refractivity contribution is 5.90. The van der Waals surface area contributed by atoms with Gasteiger partial charge >= 0.3 is 0 Å². The molecular weight excluding hydrogens is 330 g/mol. The van der Waals surface area contributed by atoms with Crippen molar-refractivity contribution < 1.29 is 9.53 Å². The zero-order valence-corrected chi connectivity index (χ0v) is 14.6. The molecule has 1 heterocycles. The van der Waals surface area contributed by atoms with Gasteiger partial charge in [-0.3, -0.25) is 14.2 Å². The summed E-state index contributed by atoms with van der Waals surface area (Å²) >= 11 is 0. The van der Waals surface area contributed by atoms with E-state index in [0.717, 1.165) is 5.75 Å². The highest BCUT2D eigenvalue weighted by atomic mass is 16.5. The first-order valence-corrected chi connectivity index (χ1v) is 8.18. The summed E-state index contributed by atoms with van der Waals surface area (Å²) in [5, 5.41) is 2.76. The quantitative estimate of drug-likeness (QED) is 0.767. The lowest BCUT2D eigenvalue weighted by Gasteiger charge is -2.10. The van der Waals surface area contributed by atoms with E-state index in [0.29, 0.717) is 22.7 Å². The Labute approximate surface area is 151 Å². The van der Waals surface area contributed by atoms with Crippen LogP contribution in [0.25, 0.3) is 0 Å². The second-order valence-corrected chi connectivity index (χ2v) is 5.88. The Morgan fingerprint density at radius 2 is 1.69 bits per heavy atom. The van der Waals surface area contributed by atoms with Crippen LogP contribution >= 0.6 is 0 Å². The molecule has 6 heteroatoms. The number of anilines is 1. The molecule has 1 amide bonds. The minimum absolute atomic E-state index is 0.0881. The predicted octanol–water partition coefficient (Wildman–Crippen LogP) is 3.29. The average Bonchev–Trinajstić information content (AvgIpc) is 2.65. The Kier molecular flexibility index (Phi) is 5.12. The van der Waals surface area contributed by atoms with E-state index in [9.17, 15) is 9.59 Å². The molecule has 0 aliphatic rings. The van der Waals surface area contributed by atoms with Crippen LogP contribution in [0.5, 0.6) is 11.5 Å². The van der Waals surface area contributed by atoms with Gasteiger partial charge in [0.2, 0.25) is 5.91 Å². The SMILES string of the molecule is Cc1ncn(CC(=O)Nc2ccc(Oc3ccccc3)cc2)c(=O)c1C. The zero-order chi connectivity index (χ0) is 18.5. The third kappa shape index (κ3) is 4.16. The lowest BCUT2D eigenvalue weighted by atomic mass is 10.2. The second kappa shape index (κ2) is 7.65. The summed E-state index contributed by atoms with van der Waals surface area (Å²) < 4.78 is 7.00. The van der Waals surface area contributed by atoms with E-state index in [4.69, 9.17) is 4.74 Å². The van der Waals surface area contributed by atoms with Gasteiger partial charge in [0.05, 0.1) is 6.33 Å². The normalized spacial score (nSPS) is 10.4. The maximum Gasteiger partial charge on any atom is 0.256 e. The van der Waals surface area contributed by atoms with E-state index < -0.39 is 0 Å². The van der Waals surface area contributed by atoms with Gasteiger partial charge in [0, 0.05) is 16.9 Å². The van der Waals surface area contributed by atoms with Crippen molar-refractivity contribution >= 4 is 11.6 Å². The molecular formula is C20H19N3O3. The molecule has 0 atom stereocenters. The number of amides is 1. The molecule has 0 fully saturated rings. The number of hydrogen-bond acceptors (Lipinski definition) is 4. The lowest BCUT2D eigenvalue weighted by Crippen LogP contribution is -2.29. The van der Waals surface area contributed by atoms with Gasteiger partial charge in [-0.2, -0.15) is 0 Å². The van der Waals surface area contributed by atoms with Crippen LogP contribution in [0.4, 0.5) is 5.69 Å². The van der Waals surface area contributed by atoms with Gasteiger partial charge in [-0.05, 0) is 50.2 Å². The first-order chi connectivity index (χ1) is 12.5. The number of ether oxygens (including phenoxy) is 1. The Hall–Kier alpha value is -3.41. The van der Waals surface area contributed by atoms with Crippen LogP contribution in [-0.4, -0.2) is 15.5 Å². The smallest absolute Gasteiger partial charge is 0.256 e. The first kappa shape index (κ1) is 17.4. The standard InChI is InChI=1S/C20H19N3O3/c1-14-15(2)21-13-23(20(14)25)12-19(24)22-16-8-10-18(11-9-16)26-17-6-4-3-5-7-17/h3-11,13H,12H2,1-2H3,(H,22,24). The van der Waals surface area contributed by atoms with Gasteiger partial charge in [-0.25, -0.2) is 4.98 Å². The molecule has 0 saturated heterocycles. The zero-order valence-electron chi connectivity index (χ0n) is 14.6. The molecule has 0 saturated carbocycles. The van der Waals surface area contributed by atoms with E-state index in [1.165, 1.54) is 10.9 Å². The van der Waals surface area contributed by atoms with Gasteiger partial charge in [0.1, 0.15) is 18.0 Å². The van der Waals surface area contributed by atoms with Crippen LogP contribution < -0.4 is 15.6 Å². The number of nitrogens with one attached hydrogen (secondary N) is 1. The topological polar surface area (TPSA) is 73.2 Å². The van der Waals surface area contributed by atoms with Crippen molar-refractivity contribution in [3.05, 3.63) is 82.5 Å². The molecule has 0 spiro atoms. The number of carbonyl (C=O) groups is 1. The van der Waals surface area contributed by atoms with E-state index in [1.807, 2.05) is 30.3 Å². The number of aromatic nitrogens is 2. The lowest BCUT2D eigenvalue weighted by molar-refractivity contribution is -0.116. The van der Waals surface area contributed by atoms with Crippen molar-refractivity contribution in [2.24, 2.45) is 0 Å². The summed E-state index contributed by atoms with van der Waals surface area (Å²) in [6.45, 7) is 3.37. The summed E-state index contributed by atoms with van der Waals surface area (Å²) in [5.41, 5.74) is 1.63. The fraction of sp³-hybridized carbons (Fsp3) is 0.150. The van der Waals surface area contributed by atoms with Crippen LogP contribution in [-0.2, 0) is 11.3 Å². The maximum atomic E-state index is 12.2. The second-order valence-electron chi connectivity index (χ2n) is 5.88. The van der Waals surface area contributed by atoms with E-state index in [1.54, 1.807) is 38.1 Å². The van der Waals surface area contributed by atoms with E-state index in [-0.39, 0.29) is 18.0 Å². The van der Waals surface area contributed by atoms with Crippen LogP contribution in [0.2, 0.25) is 0 Å². The van der Waals surface area contributed by atoms with Crippen molar-refractivity contribution in [2.75, 3.05) is 5.32 Å². The fourth-order valence-corrected chi connectivity index (χ4v) is 2.37. The van der Waals surface area contributed by atoms with Crippen molar-refractivity contribution in [1.29, 1.82) is 0 Å². The van der Waals surface area contributed by atoms with Gasteiger partial charge in [-0.1, -0.05) is 18.2 Å². The Morgan fingerprint density at radius 1 is 1.04 bits per heavy atom. The van der Waals surface area contributed by atoms with Crippen molar-refractivity contribution in [1.82, 2.24) is 9.55 Å². The van der Waals surface area contributed by atoms with E-state index >= 15 is 0 Å². The molecule has 1 N–H and O–H groups in total. The number of aryl methyl sites for hydroxylation is 1. The van der Waals surface area contributed by atoms with E-state index in [2.05, 4.69) is 10.3 Å². The molecule has 1 aromatic heterocycles. The molecule has 0 aliphatic heterocycles. The van der Waals surface area contributed by atoms with Crippen molar-refractivity contribution in [3.63, 3.8) is 0 Å². The highest BCUT2D eigenvalue weighted by Gasteiger charge is 2.09. The molecule has 3 aromatic rings. The van der Waals surface area contributed by atoms with Gasteiger partial charge in [0.25, 0.3) is 5.56 Å². The Bertz CT molecular complexity index is 964. The minimum atomic E-state index is -0.297. The fourth-order valence-electron chi connectivity index (χ4n) is 2.37. The summed E-state index contributed by atoms with van der Waals surface area (Å²) in [6.07, 6.45) is 1.39. The first-order valence-electron chi connectivity index (χ1n) is 8.18. The summed E-state index contributed by atoms with van der Waals surface area (Å²) in [4.78, 5) is 28.4. The number of para-hydroxylation sites is 1. The molecule has 0 unspecified atom stereocenters. The summed E-state index contributed by atoms with van der Waals surface area (Å²) in [7, 11) is 0. The molecule has 6 nitrogen and oxygen atoms in total. The number of benzene rings is 2. The van der Waals surface area contributed by atoms with Crippen LogP contribution in [0, 0.1) is 13.8 Å². The number of carbonyl (C=O) groups excluding carboxylic acids is 1. The van der Waals surface area contributed by atoms with Crippen molar-refractivity contribution in [2.45, 2.75) is 20.4 Å². The third-order valence-corrected chi connectivity index (χ3v) is 3.95. The van der Waals surface area contributed by atoms with Gasteiger partial charge in [-0.15, -0.1) is 0 Å². The largest absolute Gasteiger partial charge is 0.457 e. The molecule has 0 radical (unpaired) electrons. The van der Waals surface area contributed by atoms with Crippen LogP contribution in [0.15, 0.2) is 65.7 Å². The average molecular weight is 349 g/mol. The molecule has 26 heavy (non-hydrogen) atoms. The van der Waals surface area contributed by atoms with Crippen LogP contribution in [0.3, 0.4) is 0 Å². The number of hydrogen-bond donors (Lipinski definition) is 1. The van der Waals surface area contributed by atoms with Crippen LogP contribution in [0.1, 0.15) is 11.3 Å². The molecule has 3 rings (SSSR count). The maximum absolute atomic E-state index is 12.2. The molecule has 0 aliphatic carbocycles. The predicted molar refractivity (Wildman–Crippen MR) is 99.6 cm³/mol. The Morgan fingerprint density at radius 3 is 2.38 bits per heavy atom. The minimum Gasteiger partial charge on any atom is -0.457 e. The number of rotatable bonds is 5. The highest BCUT2D eigenvalue weighted by Crippen LogP contribution is 2.22. The molecule has 132 valence electrons. The van der Waals surface area contributed by atoms with Crippen molar-refractivity contribution in [3.8, 4) is 11.5 Å². The van der Waals surface area contributed by atoms with Gasteiger partial charge < -0.3 is 10.1 Å². The third-order valence-electron chi connectivity index (χ3n) is 3.95. The van der Waals surface area contributed by atoms with Gasteiger partial charge in [0.15, 0.2) is 0 Å². The summed E-state index contributed by atoms with van der Waals surface area (Å²) in [6, 6.07) is 16.5. The molecule has 2 aromatic carbocycles. The Balaban J connectivity index is 1.63. The molecule has 0 bridgehead atoms. The monoisotopic (exact) mass is 349 g/mol. The summed E-state index contributed by atoms with van der Waals surface area (Å²) in [5.74, 6) is 1.11.